The number of benzene rings is 1. The van der Waals surface area contributed by atoms with Gasteiger partial charge >= 0.3 is 0 Å². The van der Waals surface area contributed by atoms with Crippen LogP contribution in [-0.2, 0) is 7.05 Å². The zero-order valence-corrected chi connectivity index (χ0v) is 13.9. The van der Waals surface area contributed by atoms with Gasteiger partial charge in [0, 0.05) is 36.8 Å². The summed E-state index contributed by atoms with van der Waals surface area (Å²) in [5, 5.41) is 4.58. The molecule has 0 aliphatic heterocycles. The van der Waals surface area contributed by atoms with Crippen molar-refractivity contribution in [2.45, 2.75) is 25.0 Å². The van der Waals surface area contributed by atoms with E-state index in [0.29, 0.717) is 0 Å². The number of thioether (sulfide) groups is 1. The lowest BCUT2D eigenvalue weighted by atomic mass is 10.0. The molecule has 21 heavy (non-hydrogen) atoms. The van der Waals surface area contributed by atoms with Crippen LogP contribution in [0.5, 0.6) is 5.75 Å². The summed E-state index contributed by atoms with van der Waals surface area (Å²) in [6.07, 6.45) is 3.80. The van der Waals surface area contributed by atoms with Gasteiger partial charge in [0.05, 0.1) is 7.11 Å². The average molecular weight is 305 g/mol. The highest BCUT2D eigenvalue weighted by molar-refractivity contribution is 7.99. The maximum absolute atomic E-state index is 5.52. The van der Waals surface area contributed by atoms with Crippen molar-refractivity contribution in [1.82, 2.24) is 14.9 Å². The van der Waals surface area contributed by atoms with E-state index in [-0.39, 0.29) is 6.04 Å². The van der Waals surface area contributed by atoms with Gasteiger partial charge in [-0.3, -0.25) is 0 Å². The fourth-order valence-corrected chi connectivity index (χ4v) is 3.29. The quantitative estimate of drug-likeness (QED) is 0.798. The van der Waals surface area contributed by atoms with Crippen molar-refractivity contribution in [1.29, 1.82) is 0 Å². The molecule has 4 nitrogen and oxygen atoms in total. The van der Waals surface area contributed by atoms with Crippen LogP contribution in [-0.4, -0.2) is 29.0 Å². The summed E-state index contributed by atoms with van der Waals surface area (Å²) in [5.74, 6) is 1.85. The maximum atomic E-state index is 5.52. The van der Waals surface area contributed by atoms with Crippen LogP contribution in [0.1, 0.15) is 24.1 Å². The number of nitrogens with one attached hydrogen (secondary N) is 1. The minimum absolute atomic E-state index is 0.242. The topological polar surface area (TPSA) is 39.1 Å². The first kappa shape index (κ1) is 15.9. The van der Waals surface area contributed by atoms with E-state index in [4.69, 9.17) is 4.74 Å². The fourth-order valence-electron chi connectivity index (χ4n) is 2.28. The summed E-state index contributed by atoms with van der Waals surface area (Å²) in [7, 11) is 3.74. The molecule has 0 fully saturated rings. The minimum Gasteiger partial charge on any atom is -0.496 e. The fraction of sp³-hybridized carbons (Fsp3) is 0.438. The Morgan fingerprint density at radius 2 is 2.24 bits per heavy atom. The zero-order chi connectivity index (χ0) is 15.2. The highest BCUT2D eigenvalue weighted by Gasteiger charge is 2.17. The Balaban J connectivity index is 2.18. The van der Waals surface area contributed by atoms with Crippen LogP contribution in [0, 0.1) is 6.92 Å². The molecule has 0 spiro atoms. The summed E-state index contributed by atoms with van der Waals surface area (Å²) in [4.78, 5) is 4.37. The van der Waals surface area contributed by atoms with Crippen molar-refractivity contribution in [2.75, 3.05) is 19.4 Å². The molecule has 1 unspecified atom stereocenters. The lowest BCUT2D eigenvalue weighted by Gasteiger charge is -2.21. The maximum Gasteiger partial charge on any atom is 0.167 e. The van der Waals surface area contributed by atoms with Crippen molar-refractivity contribution in [3.05, 3.63) is 41.7 Å². The molecular weight excluding hydrogens is 282 g/mol. The van der Waals surface area contributed by atoms with Gasteiger partial charge in [0.2, 0.25) is 0 Å². The summed E-state index contributed by atoms with van der Waals surface area (Å²) < 4.78 is 7.56. The van der Waals surface area contributed by atoms with Crippen LogP contribution in [0.3, 0.4) is 0 Å². The third-order valence-corrected chi connectivity index (χ3v) is 4.52. The Labute approximate surface area is 130 Å². The molecule has 1 aromatic carbocycles. The molecule has 0 aliphatic rings. The molecule has 2 rings (SSSR count). The van der Waals surface area contributed by atoms with E-state index in [9.17, 15) is 0 Å². The first-order valence-corrected chi connectivity index (χ1v) is 8.12. The summed E-state index contributed by atoms with van der Waals surface area (Å²) in [6.45, 7) is 5.15. The van der Waals surface area contributed by atoms with Gasteiger partial charge in [-0.2, -0.15) is 0 Å². The molecule has 0 aliphatic carbocycles. The normalized spacial score (nSPS) is 12.4. The highest BCUT2D eigenvalue weighted by atomic mass is 32.2. The number of rotatable bonds is 7. The van der Waals surface area contributed by atoms with Crippen LogP contribution in [0.2, 0.25) is 0 Å². The van der Waals surface area contributed by atoms with Crippen LogP contribution in [0.25, 0.3) is 0 Å². The minimum atomic E-state index is 0.242. The molecule has 2 aromatic rings. The lowest BCUT2D eigenvalue weighted by Crippen LogP contribution is -2.23. The van der Waals surface area contributed by atoms with Crippen molar-refractivity contribution < 1.29 is 4.74 Å². The van der Waals surface area contributed by atoms with E-state index in [1.165, 1.54) is 11.1 Å². The van der Waals surface area contributed by atoms with Crippen molar-refractivity contribution >= 4 is 11.8 Å². The number of hydrogen-bond donors (Lipinski definition) is 1. The van der Waals surface area contributed by atoms with Crippen LogP contribution >= 0.6 is 11.8 Å². The largest absolute Gasteiger partial charge is 0.496 e. The number of imidazole rings is 1. The molecule has 0 saturated heterocycles. The number of hydrogen-bond acceptors (Lipinski definition) is 4. The predicted octanol–water partition coefficient (Wildman–Crippen LogP) is 3.18. The van der Waals surface area contributed by atoms with Crippen molar-refractivity contribution in [3.63, 3.8) is 0 Å². The van der Waals surface area contributed by atoms with Gasteiger partial charge in [-0.25, -0.2) is 4.98 Å². The Morgan fingerprint density at radius 3 is 2.86 bits per heavy atom. The van der Waals surface area contributed by atoms with Gasteiger partial charge in [0.1, 0.15) is 5.75 Å². The second-order valence-electron chi connectivity index (χ2n) is 4.99. The molecule has 1 heterocycles. The monoisotopic (exact) mass is 305 g/mol. The highest BCUT2D eigenvalue weighted by Crippen LogP contribution is 2.30. The standard InChI is InChI=1S/C16H23N3OS/c1-5-17-14(11-21-16-18-8-9-19(16)3)13-10-12(2)6-7-15(13)20-4/h6-10,14,17H,5,11H2,1-4H3. The summed E-state index contributed by atoms with van der Waals surface area (Å²) >= 11 is 1.76. The van der Waals surface area contributed by atoms with Crippen LogP contribution in [0.4, 0.5) is 0 Å². The van der Waals surface area contributed by atoms with Gasteiger partial charge < -0.3 is 14.6 Å². The van der Waals surface area contributed by atoms with Crippen molar-refractivity contribution in [2.24, 2.45) is 7.05 Å². The Hall–Kier alpha value is -1.46. The van der Waals surface area contributed by atoms with Crippen molar-refractivity contribution in [3.8, 4) is 5.75 Å². The Morgan fingerprint density at radius 1 is 1.43 bits per heavy atom. The summed E-state index contributed by atoms with van der Waals surface area (Å²) in [6, 6.07) is 6.56. The summed E-state index contributed by atoms with van der Waals surface area (Å²) in [5.41, 5.74) is 2.46. The van der Waals surface area contributed by atoms with Crippen LogP contribution in [0.15, 0.2) is 35.7 Å². The first-order valence-electron chi connectivity index (χ1n) is 7.13. The van der Waals surface area contributed by atoms with E-state index in [1.54, 1.807) is 18.9 Å². The van der Waals surface area contributed by atoms with E-state index in [1.807, 2.05) is 30.1 Å². The third kappa shape index (κ3) is 4.02. The smallest absolute Gasteiger partial charge is 0.167 e. The van der Waals surface area contributed by atoms with E-state index < -0.39 is 0 Å². The van der Waals surface area contributed by atoms with Gasteiger partial charge in [-0.15, -0.1) is 0 Å². The molecule has 1 N–H and O–H groups in total. The molecule has 114 valence electrons. The van der Waals surface area contributed by atoms with E-state index >= 15 is 0 Å². The first-order chi connectivity index (χ1) is 10.2. The SMILES string of the molecule is CCNC(CSc1nccn1C)c1cc(C)ccc1OC. The average Bonchev–Trinajstić information content (AvgIpc) is 2.89. The number of nitrogens with zero attached hydrogens (tertiary/aromatic N) is 2. The third-order valence-electron chi connectivity index (χ3n) is 3.37. The molecule has 1 atom stereocenters. The second kappa shape index (κ2) is 7.52. The molecule has 0 bridgehead atoms. The van der Waals surface area contributed by atoms with Crippen LogP contribution < -0.4 is 10.1 Å². The van der Waals surface area contributed by atoms with Gasteiger partial charge in [0.15, 0.2) is 5.16 Å². The van der Waals surface area contributed by atoms with E-state index in [0.717, 1.165) is 23.2 Å². The number of aromatic nitrogens is 2. The van der Waals surface area contributed by atoms with Gasteiger partial charge in [-0.1, -0.05) is 36.4 Å². The number of methoxy groups -OCH3 is 1. The molecule has 0 radical (unpaired) electrons. The lowest BCUT2D eigenvalue weighted by molar-refractivity contribution is 0.403. The number of aryl methyl sites for hydroxylation is 2. The van der Waals surface area contributed by atoms with Gasteiger partial charge in [0.25, 0.3) is 0 Å². The molecule has 0 saturated carbocycles. The number of ether oxygens (including phenoxy) is 1. The molecular formula is C16H23N3OS. The molecule has 0 amide bonds. The molecule has 1 aromatic heterocycles. The predicted molar refractivity (Wildman–Crippen MR) is 88.1 cm³/mol. The zero-order valence-electron chi connectivity index (χ0n) is 13.1. The Kier molecular flexibility index (Phi) is 5.70. The van der Waals surface area contributed by atoms with E-state index in [2.05, 4.69) is 36.3 Å². The second-order valence-corrected chi connectivity index (χ2v) is 5.97. The Bertz CT molecular complexity index is 583. The molecule has 5 heteroatoms. The van der Waals surface area contributed by atoms with Gasteiger partial charge in [-0.05, 0) is 19.5 Å².